The molecule has 0 unspecified atom stereocenters. The van der Waals surface area contributed by atoms with Gasteiger partial charge in [0, 0.05) is 20.7 Å². The van der Waals surface area contributed by atoms with Crippen molar-refractivity contribution in [2.45, 2.75) is 0 Å². The van der Waals surface area contributed by atoms with Gasteiger partial charge in [-0.05, 0) is 34.1 Å². The van der Waals surface area contributed by atoms with Crippen LogP contribution in [0.2, 0.25) is 0 Å². The normalized spacial score (nSPS) is 14.0. The Balaban J connectivity index is 2.16. The molecule has 1 aliphatic rings. The third-order valence-corrected chi connectivity index (χ3v) is 4.28. The van der Waals surface area contributed by atoms with E-state index in [0.29, 0.717) is 10.0 Å². The molecule has 7 heteroatoms. The molecule has 3 rings (SSSR count). The van der Waals surface area contributed by atoms with Crippen molar-refractivity contribution in [3.63, 3.8) is 0 Å². The van der Waals surface area contributed by atoms with Crippen LogP contribution in [0.5, 0.6) is 0 Å². The van der Waals surface area contributed by atoms with E-state index in [0.717, 1.165) is 4.47 Å². The zero-order chi connectivity index (χ0) is 16.7. The molecule has 0 saturated carbocycles. The summed E-state index contributed by atoms with van der Waals surface area (Å²) in [6, 6.07) is 8.19. The second kappa shape index (κ2) is 5.82. The van der Waals surface area contributed by atoms with Gasteiger partial charge in [0.2, 0.25) is 11.6 Å². The molecule has 0 amide bonds. The predicted molar refractivity (Wildman–Crippen MR) is 91.2 cm³/mol. The van der Waals surface area contributed by atoms with E-state index < -0.39 is 17.3 Å². The summed E-state index contributed by atoms with van der Waals surface area (Å²) in [6.45, 7) is 0. The maximum absolute atomic E-state index is 12.6. The third-order valence-electron chi connectivity index (χ3n) is 3.36. The summed E-state index contributed by atoms with van der Waals surface area (Å²) >= 11 is 6.49. The summed E-state index contributed by atoms with van der Waals surface area (Å²) in [6.07, 6.45) is 1.38. The molecule has 0 fully saturated rings. The summed E-state index contributed by atoms with van der Waals surface area (Å²) in [5.41, 5.74) is -0.167. The number of rotatable bonds is 2. The Morgan fingerprint density at radius 3 is 2.52 bits per heavy atom. The number of Topliss-reactive ketones (excluding diaryl/α,β-unsaturated/α-hetero) is 2. The highest BCUT2D eigenvalue weighted by atomic mass is 79.9. The van der Waals surface area contributed by atoms with E-state index in [9.17, 15) is 14.7 Å². The van der Waals surface area contributed by atoms with Crippen LogP contribution >= 0.6 is 31.9 Å². The molecule has 1 aromatic carbocycles. The highest BCUT2D eigenvalue weighted by molar-refractivity contribution is 9.10. The number of hydrogen-bond donors (Lipinski definition) is 2. The number of aromatic nitrogens is 1. The molecular weight excluding hydrogens is 428 g/mol. The first-order valence-electron chi connectivity index (χ1n) is 6.43. The molecule has 0 radical (unpaired) electrons. The van der Waals surface area contributed by atoms with Gasteiger partial charge in [0.25, 0.3) is 0 Å². The van der Waals surface area contributed by atoms with E-state index in [2.05, 4.69) is 36.8 Å². The summed E-state index contributed by atoms with van der Waals surface area (Å²) in [4.78, 5) is 28.8. The van der Waals surface area contributed by atoms with E-state index in [-0.39, 0.29) is 22.5 Å². The Morgan fingerprint density at radius 2 is 1.83 bits per heavy atom. The fourth-order valence-corrected chi connectivity index (χ4v) is 3.01. The van der Waals surface area contributed by atoms with Crippen molar-refractivity contribution in [1.29, 1.82) is 5.41 Å². The average molecular weight is 436 g/mol. The Kier molecular flexibility index (Phi) is 3.99. The van der Waals surface area contributed by atoms with E-state index in [4.69, 9.17) is 5.41 Å². The smallest absolute Gasteiger partial charge is 0.247 e. The molecule has 2 aromatic rings. The number of pyridine rings is 1. The highest BCUT2D eigenvalue weighted by Crippen LogP contribution is 2.28. The summed E-state index contributed by atoms with van der Waals surface area (Å²) in [5.74, 6) is -2.11. The number of carbonyl (C=O) groups excluding carboxylic acids is 2. The number of carbonyl (C=O) groups is 2. The second-order valence-electron chi connectivity index (χ2n) is 4.82. The van der Waals surface area contributed by atoms with Gasteiger partial charge >= 0.3 is 0 Å². The van der Waals surface area contributed by atoms with Crippen molar-refractivity contribution in [3.8, 4) is 0 Å². The van der Waals surface area contributed by atoms with E-state index in [1.54, 1.807) is 24.3 Å². The molecular formula is C16H8Br2N2O3. The number of nitrogens with zero attached hydrogens (tertiary/aromatic N) is 1. The van der Waals surface area contributed by atoms with Crippen molar-refractivity contribution in [3.05, 3.63) is 73.6 Å². The first-order chi connectivity index (χ1) is 10.9. The van der Waals surface area contributed by atoms with Gasteiger partial charge < -0.3 is 5.11 Å². The minimum absolute atomic E-state index is 0.0666. The van der Waals surface area contributed by atoms with E-state index in [1.165, 1.54) is 12.3 Å². The van der Waals surface area contributed by atoms with Crippen LogP contribution in [0.15, 0.2) is 56.8 Å². The van der Waals surface area contributed by atoms with E-state index in [1.807, 2.05) is 0 Å². The lowest BCUT2D eigenvalue weighted by molar-refractivity contribution is 0.0929. The number of halogens is 2. The fourth-order valence-electron chi connectivity index (χ4n) is 2.28. The van der Waals surface area contributed by atoms with Gasteiger partial charge in [0.15, 0.2) is 5.76 Å². The maximum Gasteiger partial charge on any atom is 0.247 e. The fraction of sp³-hybridized carbons (Fsp3) is 0. The van der Waals surface area contributed by atoms with Crippen LogP contribution in [-0.2, 0) is 0 Å². The van der Waals surface area contributed by atoms with Crippen molar-refractivity contribution < 1.29 is 14.7 Å². The third kappa shape index (κ3) is 2.66. The molecule has 0 atom stereocenters. The van der Waals surface area contributed by atoms with Crippen LogP contribution < -0.4 is 0 Å². The van der Waals surface area contributed by atoms with Crippen molar-refractivity contribution >= 4 is 49.1 Å². The molecule has 1 aliphatic carbocycles. The minimum atomic E-state index is -0.762. The molecule has 0 bridgehead atoms. The van der Waals surface area contributed by atoms with Crippen LogP contribution in [-0.4, -0.2) is 27.4 Å². The van der Waals surface area contributed by atoms with Gasteiger partial charge in [-0.25, -0.2) is 0 Å². The summed E-state index contributed by atoms with van der Waals surface area (Å²) in [5, 5.41) is 18.4. The number of benzene rings is 1. The first kappa shape index (κ1) is 15.8. The summed E-state index contributed by atoms with van der Waals surface area (Å²) in [7, 11) is 0. The van der Waals surface area contributed by atoms with Gasteiger partial charge in [-0.3, -0.25) is 20.0 Å². The lowest BCUT2D eigenvalue weighted by atomic mass is 9.87. The number of nitrogens with one attached hydrogen (secondary N) is 1. The zero-order valence-corrected chi connectivity index (χ0v) is 14.6. The first-order valence-corrected chi connectivity index (χ1v) is 8.02. The molecule has 5 nitrogen and oxygen atoms in total. The lowest BCUT2D eigenvalue weighted by Crippen LogP contribution is -2.27. The number of hydrogen-bond acceptors (Lipinski definition) is 5. The molecule has 1 aromatic heterocycles. The number of aliphatic hydroxyl groups excluding tert-OH is 1. The van der Waals surface area contributed by atoms with Crippen LogP contribution in [0, 0.1) is 5.41 Å². The Bertz CT molecular complexity index is 919. The van der Waals surface area contributed by atoms with Gasteiger partial charge in [-0.2, -0.15) is 0 Å². The van der Waals surface area contributed by atoms with E-state index >= 15 is 0 Å². The molecule has 23 heavy (non-hydrogen) atoms. The summed E-state index contributed by atoms with van der Waals surface area (Å²) < 4.78 is 1.26. The van der Waals surface area contributed by atoms with Crippen LogP contribution in [0.4, 0.5) is 0 Å². The standard InChI is InChI=1S/C16H8Br2N2O3/c17-8-3-1-2-7(4-8)12(19)11-14(21)10-5-9(18)6-20-13(10)16(23)15(11)22/h1-6,19,22H. The second-order valence-corrected chi connectivity index (χ2v) is 6.65. The molecule has 0 aliphatic heterocycles. The largest absolute Gasteiger partial charge is 0.503 e. The Morgan fingerprint density at radius 1 is 1.09 bits per heavy atom. The SMILES string of the molecule is N=C(C1=C(O)C(=O)c2ncc(Br)cc2C1=O)c1cccc(Br)c1. The number of ketones is 2. The van der Waals surface area contributed by atoms with Crippen LogP contribution in [0.25, 0.3) is 0 Å². The van der Waals surface area contributed by atoms with Crippen LogP contribution in [0.3, 0.4) is 0 Å². The number of aliphatic hydroxyl groups is 1. The van der Waals surface area contributed by atoms with Gasteiger partial charge in [-0.1, -0.05) is 28.1 Å². The van der Waals surface area contributed by atoms with Gasteiger partial charge in [-0.15, -0.1) is 0 Å². The van der Waals surface area contributed by atoms with Crippen LogP contribution in [0.1, 0.15) is 26.4 Å². The molecule has 0 saturated heterocycles. The maximum atomic E-state index is 12.6. The molecule has 0 spiro atoms. The average Bonchev–Trinajstić information content (AvgIpc) is 2.53. The molecule has 2 N–H and O–H groups in total. The lowest BCUT2D eigenvalue weighted by Gasteiger charge is -2.17. The predicted octanol–water partition coefficient (Wildman–Crippen LogP) is 3.87. The van der Waals surface area contributed by atoms with Crippen molar-refractivity contribution in [2.24, 2.45) is 0 Å². The quantitative estimate of drug-likeness (QED) is 0.700. The topological polar surface area (TPSA) is 91.1 Å². The molecule has 114 valence electrons. The molecule has 1 heterocycles. The Hall–Kier alpha value is -2.12. The zero-order valence-electron chi connectivity index (χ0n) is 11.4. The monoisotopic (exact) mass is 434 g/mol. The number of fused-ring (bicyclic) bond motifs is 1. The Labute approximate surface area is 147 Å². The van der Waals surface area contributed by atoms with Gasteiger partial charge in [0.05, 0.1) is 16.8 Å². The van der Waals surface area contributed by atoms with Gasteiger partial charge in [0.1, 0.15) is 5.69 Å². The van der Waals surface area contributed by atoms with Crippen molar-refractivity contribution in [2.75, 3.05) is 0 Å². The number of allylic oxidation sites excluding steroid dienone is 2. The highest BCUT2D eigenvalue weighted by Gasteiger charge is 2.36. The minimum Gasteiger partial charge on any atom is -0.503 e. The van der Waals surface area contributed by atoms with Crippen molar-refractivity contribution in [1.82, 2.24) is 4.98 Å².